The second-order valence-electron chi connectivity index (χ2n) is 7.18. The van der Waals surface area contributed by atoms with Crippen molar-refractivity contribution in [2.24, 2.45) is 5.10 Å². The Balaban J connectivity index is 1.85. The molecule has 0 unspecified atom stereocenters. The van der Waals surface area contributed by atoms with E-state index in [2.05, 4.69) is 10.5 Å². The summed E-state index contributed by atoms with van der Waals surface area (Å²) >= 11 is 0. The minimum absolute atomic E-state index is 0.163. The molecule has 3 rings (SSSR count). The van der Waals surface area contributed by atoms with E-state index in [1.165, 1.54) is 30.3 Å². The first-order valence-corrected chi connectivity index (χ1v) is 11.3. The van der Waals surface area contributed by atoms with Gasteiger partial charge in [-0.1, -0.05) is 35.9 Å². The normalized spacial score (nSPS) is 12.0. The van der Waals surface area contributed by atoms with Gasteiger partial charge in [-0.2, -0.15) is 18.3 Å². The number of hydrogen-bond donors (Lipinski definition) is 1. The predicted molar refractivity (Wildman–Crippen MR) is 119 cm³/mol. The molecule has 0 heterocycles. The molecule has 11 heteroatoms. The van der Waals surface area contributed by atoms with Gasteiger partial charge in [-0.25, -0.2) is 18.2 Å². The Morgan fingerprint density at radius 1 is 1.00 bits per heavy atom. The van der Waals surface area contributed by atoms with Crippen molar-refractivity contribution in [2.75, 3.05) is 10.8 Å². The molecule has 0 aliphatic heterocycles. The minimum Gasteiger partial charge on any atom is -0.271 e. The standard InChI is InChI=1S/C23H19F4N3O3S/c1-16-6-10-19(11-7-16)30(34(32,33)20-12-8-18(24)9-13-20)15-22(31)29-28-14-17-4-2-3-5-21(17)23(25,26)27/h2-14H,15H2,1H3,(H,29,31)/b28-14-. The Morgan fingerprint density at radius 3 is 2.24 bits per heavy atom. The second-order valence-corrected chi connectivity index (χ2v) is 9.04. The maximum Gasteiger partial charge on any atom is 0.417 e. The van der Waals surface area contributed by atoms with Gasteiger partial charge in [0.25, 0.3) is 15.9 Å². The monoisotopic (exact) mass is 493 g/mol. The average molecular weight is 493 g/mol. The van der Waals surface area contributed by atoms with Gasteiger partial charge in [-0.3, -0.25) is 9.10 Å². The average Bonchev–Trinajstić information content (AvgIpc) is 2.78. The molecule has 3 aromatic rings. The van der Waals surface area contributed by atoms with Gasteiger partial charge in [0.15, 0.2) is 0 Å². The van der Waals surface area contributed by atoms with Crippen LogP contribution in [0.2, 0.25) is 0 Å². The van der Waals surface area contributed by atoms with Crippen LogP contribution in [0.4, 0.5) is 23.2 Å². The molecular weight excluding hydrogens is 474 g/mol. The number of sulfonamides is 1. The number of rotatable bonds is 7. The second kappa shape index (κ2) is 10.0. The van der Waals surface area contributed by atoms with Crippen molar-refractivity contribution >= 4 is 27.8 Å². The van der Waals surface area contributed by atoms with Crippen molar-refractivity contribution in [1.29, 1.82) is 0 Å². The van der Waals surface area contributed by atoms with Gasteiger partial charge in [-0.05, 0) is 49.4 Å². The Kier molecular flexibility index (Phi) is 7.35. The number of hydrogen-bond acceptors (Lipinski definition) is 4. The van der Waals surface area contributed by atoms with E-state index in [9.17, 15) is 30.8 Å². The van der Waals surface area contributed by atoms with E-state index in [1.54, 1.807) is 19.1 Å². The molecule has 3 aromatic carbocycles. The van der Waals surface area contributed by atoms with E-state index in [1.807, 2.05) is 0 Å². The lowest BCUT2D eigenvalue weighted by atomic mass is 10.1. The molecule has 0 aliphatic carbocycles. The SMILES string of the molecule is Cc1ccc(N(CC(=O)N/N=C\c2ccccc2C(F)(F)F)S(=O)(=O)c2ccc(F)cc2)cc1. The third kappa shape index (κ3) is 5.98. The fraction of sp³-hybridized carbons (Fsp3) is 0.130. The van der Waals surface area contributed by atoms with Crippen LogP contribution >= 0.6 is 0 Å². The zero-order valence-corrected chi connectivity index (χ0v) is 18.6. The molecule has 34 heavy (non-hydrogen) atoms. The highest BCUT2D eigenvalue weighted by Gasteiger charge is 2.32. The van der Waals surface area contributed by atoms with E-state index >= 15 is 0 Å². The molecule has 1 N–H and O–H groups in total. The quantitative estimate of drug-likeness (QED) is 0.299. The third-order valence-electron chi connectivity index (χ3n) is 4.67. The number of halogens is 4. The van der Waals surface area contributed by atoms with Crippen molar-refractivity contribution in [3.05, 3.63) is 95.3 Å². The lowest BCUT2D eigenvalue weighted by molar-refractivity contribution is -0.137. The number of nitrogens with zero attached hydrogens (tertiary/aromatic N) is 2. The van der Waals surface area contributed by atoms with Crippen LogP contribution < -0.4 is 9.73 Å². The Bertz CT molecular complexity index is 1290. The summed E-state index contributed by atoms with van der Waals surface area (Å²) in [7, 11) is -4.28. The molecule has 0 atom stereocenters. The van der Waals surface area contributed by atoms with Gasteiger partial charge >= 0.3 is 6.18 Å². The molecule has 0 spiro atoms. The van der Waals surface area contributed by atoms with Gasteiger partial charge in [0.2, 0.25) is 0 Å². The summed E-state index contributed by atoms with van der Waals surface area (Å²) in [5.41, 5.74) is 1.85. The maximum absolute atomic E-state index is 13.3. The number of alkyl halides is 3. The van der Waals surface area contributed by atoms with Crippen molar-refractivity contribution in [3.8, 4) is 0 Å². The summed E-state index contributed by atoms with van der Waals surface area (Å²) in [4.78, 5) is 12.2. The van der Waals surface area contributed by atoms with Crippen LogP contribution in [0.15, 0.2) is 82.8 Å². The summed E-state index contributed by atoms with van der Waals surface area (Å²) in [6.45, 7) is 1.07. The molecular formula is C23H19F4N3O3S. The maximum atomic E-state index is 13.3. The summed E-state index contributed by atoms with van der Waals surface area (Å²) in [6, 6.07) is 15.0. The Hall–Kier alpha value is -3.73. The van der Waals surface area contributed by atoms with Crippen LogP contribution in [0.3, 0.4) is 0 Å². The van der Waals surface area contributed by atoms with Gasteiger partial charge in [0, 0.05) is 5.56 Å². The molecule has 0 fully saturated rings. The molecule has 6 nitrogen and oxygen atoms in total. The fourth-order valence-corrected chi connectivity index (χ4v) is 4.39. The number of aryl methyl sites for hydroxylation is 1. The number of hydrazone groups is 1. The number of carbonyl (C=O) groups is 1. The van der Waals surface area contributed by atoms with Crippen LogP contribution in [0, 0.1) is 12.7 Å². The van der Waals surface area contributed by atoms with E-state index < -0.39 is 40.0 Å². The number of nitrogens with one attached hydrogen (secondary N) is 1. The highest BCUT2D eigenvalue weighted by Crippen LogP contribution is 2.31. The largest absolute Gasteiger partial charge is 0.417 e. The summed E-state index contributed by atoms with van der Waals surface area (Å²) in [5.74, 6) is -1.53. The Morgan fingerprint density at radius 2 is 1.62 bits per heavy atom. The number of benzene rings is 3. The zero-order chi connectivity index (χ0) is 24.9. The molecule has 178 valence electrons. The topological polar surface area (TPSA) is 78.8 Å². The summed E-state index contributed by atoms with van der Waals surface area (Å²) < 4.78 is 79.7. The van der Waals surface area contributed by atoms with Gasteiger partial charge < -0.3 is 0 Å². The minimum atomic E-state index is -4.61. The molecule has 0 saturated heterocycles. The summed E-state index contributed by atoms with van der Waals surface area (Å²) in [6.07, 6.45) is -3.79. The number of carbonyl (C=O) groups excluding carboxylic acids is 1. The first kappa shape index (κ1) is 24.9. The van der Waals surface area contributed by atoms with Crippen LogP contribution in [0.1, 0.15) is 16.7 Å². The molecule has 0 bridgehead atoms. The van der Waals surface area contributed by atoms with Gasteiger partial charge in [0.05, 0.1) is 22.4 Å². The highest BCUT2D eigenvalue weighted by atomic mass is 32.2. The zero-order valence-electron chi connectivity index (χ0n) is 17.8. The third-order valence-corrected chi connectivity index (χ3v) is 6.46. The van der Waals surface area contributed by atoms with Crippen molar-refractivity contribution in [3.63, 3.8) is 0 Å². The van der Waals surface area contributed by atoms with Crippen molar-refractivity contribution < 1.29 is 30.8 Å². The van der Waals surface area contributed by atoms with Gasteiger partial charge in [0.1, 0.15) is 12.4 Å². The van der Waals surface area contributed by atoms with Crippen molar-refractivity contribution in [1.82, 2.24) is 5.43 Å². The van der Waals surface area contributed by atoms with Crippen LogP contribution in [0.25, 0.3) is 0 Å². The lowest BCUT2D eigenvalue weighted by Gasteiger charge is -2.23. The predicted octanol–water partition coefficient (Wildman–Crippen LogP) is 4.50. The number of anilines is 1. The highest BCUT2D eigenvalue weighted by molar-refractivity contribution is 7.92. The van der Waals surface area contributed by atoms with Gasteiger partial charge in [-0.15, -0.1) is 0 Å². The van der Waals surface area contributed by atoms with E-state index in [0.717, 1.165) is 46.4 Å². The molecule has 0 aromatic heterocycles. The molecule has 0 radical (unpaired) electrons. The smallest absolute Gasteiger partial charge is 0.271 e. The fourth-order valence-electron chi connectivity index (χ4n) is 2.97. The lowest BCUT2D eigenvalue weighted by Crippen LogP contribution is -2.39. The van der Waals surface area contributed by atoms with E-state index in [0.29, 0.717) is 0 Å². The first-order chi connectivity index (χ1) is 16.0. The Labute approximate surface area is 193 Å². The van der Waals surface area contributed by atoms with Crippen LogP contribution in [0.5, 0.6) is 0 Å². The number of amides is 1. The van der Waals surface area contributed by atoms with Crippen LogP contribution in [-0.4, -0.2) is 27.1 Å². The molecule has 0 saturated carbocycles. The molecule has 1 amide bonds. The van der Waals surface area contributed by atoms with Crippen molar-refractivity contribution in [2.45, 2.75) is 18.0 Å². The van der Waals surface area contributed by atoms with E-state index in [4.69, 9.17) is 0 Å². The van der Waals surface area contributed by atoms with E-state index in [-0.39, 0.29) is 16.1 Å². The first-order valence-electron chi connectivity index (χ1n) is 9.81. The van der Waals surface area contributed by atoms with Crippen LogP contribution in [-0.2, 0) is 21.0 Å². The summed E-state index contributed by atoms with van der Waals surface area (Å²) in [5, 5.41) is 3.55. The molecule has 0 aliphatic rings.